The van der Waals surface area contributed by atoms with Gasteiger partial charge in [0.15, 0.2) is 0 Å². The molecule has 0 unspecified atom stereocenters. The van der Waals surface area contributed by atoms with Crippen LogP contribution in [0.1, 0.15) is 6.42 Å². The third-order valence-corrected chi connectivity index (χ3v) is 0.562. The SMILES string of the molecule is OCCC=P. The van der Waals surface area contributed by atoms with Gasteiger partial charge in [-0.05, 0) is 6.42 Å². The number of hydrogen-bond acceptors (Lipinski definition) is 1. The van der Waals surface area contributed by atoms with Crippen molar-refractivity contribution in [3.63, 3.8) is 0 Å². The van der Waals surface area contributed by atoms with Gasteiger partial charge in [0.1, 0.15) is 0 Å². The highest BCUT2D eigenvalue weighted by molar-refractivity contribution is 7.18. The summed E-state index contributed by atoms with van der Waals surface area (Å²) in [7, 11) is 3.07. The lowest BCUT2D eigenvalue weighted by molar-refractivity contribution is 0.309. The third kappa shape index (κ3) is 4.13. The van der Waals surface area contributed by atoms with Gasteiger partial charge in [-0.15, -0.1) is 8.86 Å². The molecule has 30 valence electrons. The summed E-state index contributed by atoms with van der Waals surface area (Å²) in [4.78, 5) is 0. The van der Waals surface area contributed by atoms with E-state index in [1.165, 1.54) is 0 Å². The summed E-state index contributed by atoms with van der Waals surface area (Å²) in [5.74, 6) is 1.74. The van der Waals surface area contributed by atoms with Crippen LogP contribution in [0, 0.1) is 0 Å². The second-order valence-electron chi connectivity index (χ2n) is 0.716. The minimum Gasteiger partial charge on any atom is -0.396 e. The molecule has 0 atom stereocenters. The molecule has 0 aliphatic carbocycles. The zero-order chi connectivity index (χ0) is 4.12. The van der Waals surface area contributed by atoms with Crippen LogP contribution in [0.5, 0.6) is 0 Å². The van der Waals surface area contributed by atoms with E-state index in [0.29, 0.717) is 0 Å². The Kier molecular flexibility index (Phi) is 4.24. The predicted octanol–water partition coefficient (Wildman–Crippen LogP) is 0.314. The summed E-state index contributed by atoms with van der Waals surface area (Å²) in [6.45, 7) is 0.240. The van der Waals surface area contributed by atoms with E-state index in [9.17, 15) is 0 Å². The van der Waals surface area contributed by atoms with Crippen molar-refractivity contribution in [2.24, 2.45) is 0 Å². The maximum atomic E-state index is 8.00. The van der Waals surface area contributed by atoms with Crippen molar-refractivity contribution in [3.8, 4) is 0 Å². The molecule has 0 saturated heterocycles. The van der Waals surface area contributed by atoms with Gasteiger partial charge in [-0.3, -0.25) is 0 Å². The van der Waals surface area contributed by atoms with Gasteiger partial charge < -0.3 is 5.11 Å². The zero-order valence-corrected chi connectivity index (χ0v) is 3.94. The third-order valence-electron chi connectivity index (χ3n) is 0.273. The normalized spacial score (nSPS) is 7.40. The van der Waals surface area contributed by atoms with E-state index in [4.69, 9.17) is 5.11 Å². The maximum Gasteiger partial charge on any atom is 0.0468 e. The minimum atomic E-state index is 0.240. The van der Waals surface area contributed by atoms with Gasteiger partial charge in [-0.1, -0.05) is 5.80 Å². The van der Waals surface area contributed by atoms with Crippen LogP contribution in [0.2, 0.25) is 0 Å². The van der Waals surface area contributed by atoms with Crippen molar-refractivity contribution in [2.45, 2.75) is 6.42 Å². The quantitative estimate of drug-likeness (QED) is 0.484. The zero-order valence-electron chi connectivity index (χ0n) is 2.94. The number of aliphatic hydroxyl groups is 1. The van der Waals surface area contributed by atoms with Gasteiger partial charge in [-0.25, -0.2) is 0 Å². The molecule has 0 spiro atoms. The van der Waals surface area contributed by atoms with Gasteiger partial charge in [-0.2, -0.15) is 0 Å². The van der Waals surface area contributed by atoms with Crippen molar-refractivity contribution < 1.29 is 5.11 Å². The average molecular weight is 90.1 g/mol. The number of hydrogen-bond donors (Lipinski definition) is 1. The maximum absolute atomic E-state index is 8.00. The first-order valence-corrected chi connectivity index (χ1v) is 2.09. The second kappa shape index (κ2) is 4.13. The van der Waals surface area contributed by atoms with Crippen molar-refractivity contribution in [2.75, 3.05) is 6.61 Å². The molecule has 0 bridgehead atoms. The fourth-order valence-electron chi connectivity index (χ4n) is 0.0645. The van der Waals surface area contributed by atoms with E-state index in [2.05, 4.69) is 8.86 Å². The lowest BCUT2D eigenvalue weighted by Gasteiger charge is -1.73. The second-order valence-corrected chi connectivity index (χ2v) is 1.12. The molecule has 0 fully saturated rings. The molecular formula is C3H7OP. The summed E-state index contributed by atoms with van der Waals surface area (Å²) in [5.41, 5.74) is 0. The minimum absolute atomic E-state index is 0.240. The van der Waals surface area contributed by atoms with E-state index < -0.39 is 0 Å². The highest BCUT2D eigenvalue weighted by Crippen LogP contribution is 1.66. The fraction of sp³-hybridized carbons (Fsp3) is 0.667. The molecule has 0 aromatic heterocycles. The molecule has 0 saturated carbocycles. The largest absolute Gasteiger partial charge is 0.396 e. The van der Waals surface area contributed by atoms with E-state index in [-0.39, 0.29) is 6.61 Å². The Bertz CT molecular complexity index is 28.1. The molecule has 5 heavy (non-hydrogen) atoms. The Morgan fingerprint density at radius 2 is 2.40 bits per heavy atom. The van der Waals surface area contributed by atoms with Crippen LogP contribution in [0.4, 0.5) is 0 Å². The molecule has 0 rings (SSSR count). The lowest BCUT2D eigenvalue weighted by atomic mass is 10.5. The van der Waals surface area contributed by atoms with Crippen LogP contribution in [-0.2, 0) is 0 Å². The van der Waals surface area contributed by atoms with Crippen LogP contribution < -0.4 is 0 Å². The Labute approximate surface area is 33.9 Å². The molecule has 1 nitrogen and oxygen atoms in total. The molecule has 0 aliphatic heterocycles. The molecule has 0 aliphatic rings. The highest BCUT2D eigenvalue weighted by atomic mass is 31.0. The van der Waals surface area contributed by atoms with Crippen LogP contribution in [0.25, 0.3) is 0 Å². The van der Waals surface area contributed by atoms with Gasteiger partial charge in [0.05, 0.1) is 0 Å². The smallest absolute Gasteiger partial charge is 0.0468 e. The first-order valence-electron chi connectivity index (χ1n) is 1.51. The monoisotopic (exact) mass is 90.0 g/mol. The molecule has 2 heteroatoms. The van der Waals surface area contributed by atoms with E-state index in [1.807, 2.05) is 0 Å². The van der Waals surface area contributed by atoms with Crippen LogP contribution in [0.15, 0.2) is 0 Å². The molecular weight excluding hydrogens is 83.0 g/mol. The number of aliphatic hydroxyl groups excluding tert-OH is 1. The summed E-state index contributed by atoms with van der Waals surface area (Å²) in [6, 6.07) is 0. The van der Waals surface area contributed by atoms with Crippen LogP contribution in [0.3, 0.4) is 0 Å². The summed E-state index contributed by atoms with van der Waals surface area (Å²) >= 11 is 0. The first kappa shape index (κ1) is 5.13. The Balaban J connectivity index is 2.40. The van der Waals surface area contributed by atoms with E-state index in [1.54, 1.807) is 5.80 Å². The summed E-state index contributed by atoms with van der Waals surface area (Å²) < 4.78 is 0. The van der Waals surface area contributed by atoms with Crippen molar-refractivity contribution >= 4 is 14.7 Å². The van der Waals surface area contributed by atoms with Gasteiger partial charge in [0.2, 0.25) is 0 Å². The Hall–Kier alpha value is 0.130. The summed E-state index contributed by atoms with van der Waals surface area (Å²) in [6.07, 6.45) is 0.733. The Morgan fingerprint density at radius 1 is 1.80 bits per heavy atom. The van der Waals surface area contributed by atoms with Crippen LogP contribution >= 0.6 is 8.86 Å². The van der Waals surface area contributed by atoms with E-state index >= 15 is 0 Å². The topological polar surface area (TPSA) is 20.2 Å². The van der Waals surface area contributed by atoms with Crippen molar-refractivity contribution in [1.29, 1.82) is 0 Å². The Morgan fingerprint density at radius 3 is 2.40 bits per heavy atom. The molecule has 0 aromatic rings. The van der Waals surface area contributed by atoms with Crippen molar-refractivity contribution in [3.05, 3.63) is 0 Å². The van der Waals surface area contributed by atoms with Gasteiger partial charge in [0.25, 0.3) is 0 Å². The average Bonchev–Trinajstić information content (AvgIpc) is 1.41. The van der Waals surface area contributed by atoms with Gasteiger partial charge in [0, 0.05) is 6.61 Å². The van der Waals surface area contributed by atoms with Crippen LogP contribution in [-0.4, -0.2) is 17.5 Å². The highest BCUT2D eigenvalue weighted by Gasteiger charge is 1.63. The standard InChI is InChI=1S/C3H7OP/c4-2-1-3-5/h3-5H,1-2H2. The summed E-state index contributed by atoms with van der Waals surface area (Å²) in [5, 5.41) is 8.00. The van der Waals surface area contributed by atoms with Crippen molar-refractivity contribution in [1.82, 2.24) is 0 Å². The molecule has 0 aromatic carbocycles. The first-order chi connectivity index (χ1) is 2.41. The number of rotatable bonds is 2. The molecule has 0 heterocycles. The molecule has 1 N–H and O–H groups in total. The fourth-order valence-corrected chi connectivity index (χ4v) is 0.194. The molecule has 0 amide bonds. The molecule has 0 radical (unpaired) electrons. The van der Waals surface area contributed by atoms with E-state index in [0.717, 1.165) is 6.42 Å². The predicted molar refractivity (Wildman–Crippen MR) is 26.1 cm³/mol. The van der Waals surface area contributed by atoms with Gasteiger partial charge >= 0.3 is 0 Å². The lowest BCUT2D eigenvalue weighted by Crippen LogP contribution is -1.76.